The summed E-state index contributed by atoms with van der Waals surface area (Å²) in [6.45, 7) is 4.91. The molecule has 0 unspecified atom stereocenters. The molecule has 0 aliphatic heterocycles. The third-order valence-corrected chi connectivity index (χ3v) is 5.40. The summed E-state index contributed by atoms with van der Waals surface area (Å²) < 4.78 is 11.4. The van der Waals surface area contributed by atoms with E-state index in [1.54, 1.807) is 19.5 Å². The number of hydrogen-bond donors (Lipinski definition) is 2. The molecular weight excluding hydrogens is 390 g/mol. The molecule has 0 radical (unpaired) electrons. The summed E-state index contributed by atoms with van der Waals surface area (Å²) in [7, 11) is 1.60. The molecule has 1 amide bonds. The van der Waals surface area contributed by atoms with Crippen LogP contribution in [0.1, 0.15) is 32.7 Å². The van der Waals surface area contributed by atoms with Gasteiger partial charge in [0.1, 0.15) is 6.61 Å². The molecule has 0 spiro atoms. The molecule has 2 N–H and O–H groups in total. The predicted octanol–water partition coefficient (Wildman–Crippen LogP) is 4.70. The number of H-pyrrole nitrogens is 1. The fourth-order valence-corrected chi connectivity index (χ4v) is 3.47. The van der Waals surface area contributed by atoms with E-state index in [1.807, 2.05) is 55.5 Å². The van der Waals surface area contributed by atoms with Crippen LogP contribution in [0.2, 0.25) is 0 Å². The van der Waals surface area contributed by atoms with Crippen LogP contribution in [-0.4, -0.2) is 23.0 Å². The molecule has 0 aliphatic carbocycles. The minimum absolute atomic E-state index is 0.114. The van der Waals surface area contributed by atoms with Crippen molar-refractivity contribution >= 4 is 16.8 Å². The van der Waals surface area contributed by atoms with Gasteiger partial charge in [-0.15, -0.1) is 0 Å². The monoisotopic (exact) mass is 415 g/mol. The van der Waals surface area contributed by atoms with Crippen molar-refractivity contribution in [3.05, 3.63) is 88.9 Å². The van der Waals surface area contributed by atoms with Crippen LogP contribution in [0.4, 0.5) is 0 Å². The van der Waals surface area contributed by atoms with Gasteiger partial charge in [0.05, 0.1) is 7.11 Å². The first-order valence-electron chi connectivity index (χ1n) is 10.1. The Morgan fingerprint density at radius 3 is 2.58 bits per heavy atom. The second-order valence-corrected chi connectivity index (χ2v) is 7.45. The van der Waals surface area contributed by atoms with Crippen LogP contribution in [0.5, 0.6) is 11.5 Å². The number of aromatic nitrogens is 2. The number of methoxy groups -OCH3 is 1. The van der Waals surface area contributed by atoms with E-state index in [1.165, 1.54) is 0 Å². The normalized spacial score (nSPS) is 10.8. The molecule has 0 aliphatic rings. The SMILES string of the molecule is COc1cc(CNC(=O)c2ccc3[nH]c(C)c(C)c3c2)ccc1OCc1ccncc1. The lowest BCUT2D eigenvalue weighted by Gasteiger charge is -2.13. The Morgan fingerprint density at radius 2 is 1.81 bits per heavy atom. The summed E-state index contributed by atoms with van der Waals surface area (Å²) in [6.07, 6.45) is 3.47. The Kier molecular flexibility index (Phi) is 5.89. The maximum Gasteiger partial charge on any atom is 0.251 e. The van der Waals surface area contributed by atoms with Crippen molar-refractivity contribution in [2.24, 2.45) is 0 Å². The first-order valence-corrected chi connectivity index (χ1v) is 10.1. The number of nitrogens with zero attached hydrogens (tertiary/aromatic N) is 1. The highest BCUT2D eigenvalue weighted by molar-refractivity contribution is 5.99. The molecule has 0 saturated carbocycles. The summed E-state index contributed by atoms with van der Waals surface area (Å²) >= 11 is 0. The third kappa shape index (κ3) is 4.53. The maximum atomic E-state index is 12.7. The van der Waals surface area contributed by atoms with Crippen molar-refractivity contribution in [3.63, 3.8) is 0 Å². The van der Waals surface area contributed by atoms with E-state index in [0.29, 0.717) is 30.2 Å². The van der Waals surface area contributed by atoms with Gasteiger partial charge in [0.2, 0.25) is 0 Å². The van der Waals surface area contributed by atoms with Crippen molar-refractivity contribution in [1.82, 2.24) is 15.3 Å². The van der Waals surface area contributed by atoms with Crippen LogP contribution < -0.4 is 14.8 Å². The highest BCUT2D eigenvalue weighted by Gasteiger charge is 2.11. The molecule has 0 bridgehead atoms. The quantitative estimate of drug-likeness (QED) is 0.459. The van der Waals surface area contributed by atoms with Gasteiger partial charge in [0.25, 0.3) is 5.91 Å². The lowest BCUT2D eigenvalue weighted by atomic mass is 10.1. The molecule has 0 fully saturated rings. The van der Waals surface area contributed by atoms with Gasteiger partial charge in [-0.3, -0.25) is 9.78 Å². The minimum atomic E-state index is -0.114. The number of carbonyl (C=O) groups excluding carboxylic acids is 1. The Balaban J connectivity index is 1.42. The zero-order chi connectivity index (χ0) is 21.8. The summed E-state index contributed by atoms with van der Waals surface area (Å²) in [4.78, 5) is 20.0. The maximum absolute atomic E-state index is 12.7. The molecule has 2 aromatic carbocycles. The number of hydrogen-bond acceptors (Lipinski definition) is 4. The van der Waals surface area contributed by atoms with E-state index in [9.17, 15) is 4.79 Å². The van der Waals surface area contributed by atoms with Crippen molar-refractivity contribution in [3.8, 4) is 11.5 Å². The van der Waals surface area contributed by atoms with E-state index >= 15 is 0 Å². The van der Waals surface area contributed by atoms with Crippen LogP contribution in [-0.2, 0) is 13.2 Å². The summed E-state index contributed by atoms with van der Waals surface area (Å²) in [5.74, 6) is 1.16. The van der Waals surface area contributed by atoms with Gasteiger partial charge in [-0.05, 0) is 73.0 Å². The lowest BCUT2D eigenvalue weighted by Crippen LogP contribution is -2.22. The number of fused-ring (bicyclic) bond motifs is 1. The average Bonchev–Trinajstić information content (AvgIpc) is 3.09. The van der Waals surface area contributed by atoms with E-state index in [2.05, 4.69) is 22.2 Å². The number of nitrogens with one attached hydrogen (secondary N) is 2. The van der Waals surface area contributed by atoms with E-state index < -0.39 is 0 Å². The Morgan fingerprint density at radius 1 is 1.00 bits per heavy atom. The highest BCUT2D eigenvalue weighted by atomic mass is 16.5. The van der Waals surface area contributed by atoms with Gasteiger partial charge in [-0.2, -0.15) is 0 Å². The van der Waals surface area contributed by atoms with Crippen molar-refractivity contribution in [2.75, 3.05) is 7.11 Å². The Labute approximate surface area is 181 Å². The number of aromatic amines is 1. The molecular formula is C25H25N3O3. The summed E-state index contributed by atoms with van der Waals surface area (Å²) in [6, 6.07) is 15.2. The van der Waals surface area contributed by atoms with Crippen LogP contribution in [0.15, 0.2) is 60.9 Å². The average molecular weight is 415 g/mol. The standard InChI is InChI=1S/C25H25N3O3/c1-16-17(2)28-22-6-5-20(13-21(16)22)25(29)27-14-19-4-7-23(24(12-19)30-3)31-15-18-8-10-26-11-9-18/h4-13,28H,14-15H2,1-3H3,(H,27,29). The summed E-state index contributed by atoms with van der Waals surface area (Å²) in [5, 5.41) is 4.05. The smallest absolute Gasteiger partial charge is 0.251 e. The van der Waals surface area contributed by atoms with Gasteiger partial charge in [-0.1, -0.05) is 6.07 Å². The number of rotatable bonds is 7. The van der Waals surface area contributed by atoms with Crippen molar-refractivity contribution in [1.29, 1.82) is 0 Å². The molecule has 0 atom stereocenters. The first-order chi connectivity index (χ1) is 15.0. The number of benzene rings is 2. The fraction of sp³-hybridized carbons (Fsp3) is 0.200. The van der Waals surface area contributed by atoms with Crippen LogP contribution in [0.3, 0.4) is 0 Å². The molecule has 4 aromatic rings. The van der Waals surface area contributed by atoms with E-state index in [0.717, 1.165) is 33.3 Å². The number of aryl methyl sites for hydroxylation is 2. The Hall–Kier alpha value is -3.80. The molecule has 2 heterocycles. The van der Waals surface area contributed by atoms with E-state index in [-0.39, 0.29) is 5.91 Å². The molecule has 158 valence electrons. The molecule has 0 saturated heterocycles. The van der Waals surface area contributed by atoms with Crippen LogP contribution in [0.25, 0.3) is 10.9 Å². The highest BCUT2D eigenvalue weighted by Crippen LogP contribution is 2.29. The number of amides is 1. The number of ether oxygens (including phenoxy) is 2. The molecule has 31 heavy (non-hydrogen) atoms. The zero-order valence-corrected chi connectivity index (χ0v) is 17.9. The molecule has 4 rings (SSSR count). The third-order valence-electron chi connectivity index (χ3n) is 5.40. The van der Waals surface area contributed by atoms with Crippen LogP contribution >= 0.6 is 0 Å². The number of carbonyl (C=O) groups is 1. The van der Waals surface area contributed by atoms with Gasteiger partial charge in [0.15, 0.2) is 11.5 Å². The van der Waals surface area contributed by atoms with Gasteiger partial charge in [0, 0.05) is 41.1 Å². The second kappa shape index (κ2) is 8.92. The first kappa shape index (κ1) is 20.5. The van der Waals surface area contributed by atoms with Gasteiger partial charge >= 0.3 is 0 Å². The zero-order valence-electron chi connectivity index (χ0n) is 17.9. The molecule has 6 nitrogen and oxygen atoms in total. The van der Waals surface area contributed by atoms with Gasteiger partial charge < -0.3 is 19.8 Å². The van der Waals surface area contributed by atoms with Gasteiger partial charge in [-0.25, -0.2) is 0 Å². The second-order valence-electron chi connectivity index (χ2n) is 7.45. The summed E-state index contributed by atoms with van der Waals surface area (Å²) in [5.41, 5.74) is 5.91. The number of pyridine rings is 1. The molecule has 6 heteroatoms. The molecule has 2 aromatic heterocycles. The Bertz CT molecular complexity index is 1220. The predicted molar refractivity (Wildman–Crippen MR) is 121 cm³/mol. The lowest BCUT2D eigenvalue weighted by molar-refractivity contribution is 0.0951. The minimum Gasteiger partial charge on any atom is -0.493 e. The van der Waals surface area contributed by atoms with E-state index in [4.69, 9.17) is 9.47 Å². The largest absolute Gasteiger partial charge is 0.493 e. The fourth-order valence-electron chi connectivity index (χ4n) is 3.47. The van der Waals surface area contributed by atoms with Crippen LogP contribution in [0, 0.1) is 13.8 Å². The topological polar surface area (TPSA) is 76.2 Å². The van der Waals surface area contributed by atoms with Crippen molar-refractivity contribution < 1.29 is 14.3 Å². The van der Waals surface area contributed by atoms with Crippen molar-refractivity contribution in [2.45, 2.75) is 27.0 Å².